The van der Waals surface area contributed by atoms with Crippen molar-refractivity contribution in [2.24, 2.45) is 0 Å². The van der Waals surface area contributed by atoms with E-state index in [-0.39, 0.29) is 0 Å². The highest BCUT2D eigenvalue weighted by Gasteiger charge is 2.20. The fourth-order valence-corrected chi connectivity index (χ4v) is 3.29. The van der Waals surface area contributed by atoms with Crippen molar-refractivity contribution in [1.82, 2.24) is 15.2 Å². The maximum Gasteiger partial charge on any atom is 0.0941 e. The number of likely N-dealkylation sites (N-methyl/N-ethyl adjacent to an activating group) is 2. The van der Waals surface area contributed by atoms with Gasteiger partial charge in [0.05, 0.1) is 10.7 Å². The lowest BCUT2D eigenvalue weighted by molar-refractivity contribution is 0.249. The van der Waals surface area contributed by atoms with Crippen LogP contribution in [0.15, 0.2) is 5.38 Å². The molecule has 0 aromatic carbocycles. The maximum atomic E-state index is 4.79. The molecule has 2 heterocycles. The predicted molar refractivity (Wildman–Crippen MR) is 73.8 cm³/mol. The summed E-state index contributed by atoms with van der Waals surface area (Å²) in [6, 6.07) is 0. The van der Waals surface area contributed by atoms with Gasteiger partial charge in [-0.15, -0.1) is 11.3 Å². The van der Waals surface area contributed by atoms with Crippen molar-refractivity contribution in [2.75, 3.05) is 33.2 Å². The van der Waals surface area contributed by atoms with E-state index in [1.54, 1.807) is 0 Å². The van der Waals surface area contributed by atoms with Gasteiger partial charge >= 0.3 is 0 Å². The molecule has 0 radical (unpaired) electrons. The topological polar surface area (TPSA) is 28.2 Å². The van der Waals surface area contributed by atoms with Crippen molar-refractivity contribution < 1.29 is 0 Å². The average molecular weight is 253 g/mol. The Labute approximate surface area is 108 Å². The second kappa shape index (κ2) is 6.47. The Hall–Kier alpha value is -0.450. The van der Waals surface area contributed by atoms with E-state index in [9.17, 15) is 0 Å². The monoisotopic (exact) mass is 253 g/mol. The average Bonchev–Trinajstić information content (AvgIpc) is 2.78. The van der Waals surface area contributed by atoms with Crippen LogP contribution in [0.4, 0.5) is 0 Å². The minimum atomic E-state index is 0.665. The smallest absolute Gasteiger partial charge is 0.0941 e. The van der Waals surface area contributed by atoms with Crippen LogP contribution in [0.5, 0.6) is 0 Å². The zero-order valence-corrected chi connectivity index (χ0v) is 11.7. The molecule has 1 saturated heterocycles. The van der Waals surface area contributed by atoms with Gasteiger partial charge in [-0.05, 0) is 33.0 Å². The van der Waals surface area contributed by atoms with Gasteiger partial charge in [0.15, 0.2) is 0 Å². The normalized spacial score (nSPS) is 21.9. The summed E-state index contributed by atoms with van der Waals surface area (Å²) in [7, 11) is 2.21. The van der Waals surface area contributed by atoms with Crippen molar-refractivity contribution in [3.8, 4) is 0 Å². The van der Waals surface area contributed by atoms with E-state index in [0.29, 0.717) is 5.92 Å². The van der Waals surface area contributed by atoms with Crippen LogP contribution in [0.25, 0.3) is 0 Å². The van der Waals surface area contributed by atoms with E-state index >= 15 is 0 Å². The zero-order valence-electron chi connectivity index (χ0n) is 10.9. The van der Waals surface area contributed by atoms with E-state index in [2.05, 4.69) is 29.6 Å². The standard InChI is InChI=1S/C13H23N3S/c1-3-14-7-6-13-15-12(10-17-13)11-5-4-8-16(2)9-11/h10-11,14H,3-9H2,1-2H3. The lowest BCUT2D eigenvalue weighted by Crippen LogP contribution is -2.30. The van der Waals surface area contributed by atoms with E-state index in [1.165, 1.54) is 36.6 Å². The van der Waals surface area contributed by atoms with Gasteiger partial charge in [-0.3, -0.25) is 0 Å². The number of aromatic nitrogens is 1. The van der Waals surface area contributed by atoms with Crippen molar-refractivity contribution >= 4 is 11.3 Å². The number of nitrogens with zero attached hydrogens (tertiary/aromatic N) is 2. The van der Waals surface area contributed by atoms with Crippen molar-refractivity contribution in [2.45, 2.75) is 32.1 Å². The first kappa shape index (κ1) is 13.0. The third kappa shape index (κ3) is 3.76. The third-order valence-electron chi connectivity index (χ3n) is 3.38. The third-order valence-corrected chi connectivity index (χ3v) is 4.30. The number of thiazole rings is 1. The summed E-state index contributed by atoms with van der Waals surface area (Å²) in [5.74, 6) is 0.665. The second-order valence-corrected chi connectivity index (χ2v) is 5.81. The molecule has 1 N–H and O–H groups in total. The first-order chi connectivity index (χ1) is 8.29. The summed E-state index contributed by atoms with van der Waals surface area (Å²) in [6.07, 6.45) is 3.69. The molecular weight excluding hydrogens is 230 g/mol. The largest absolute Gasteiger partial charge is 0.317 e. The van der Waals surface area contributed by atoms with Crippen LogP contribution in [0.1, 0.15) is 36.4 Å². The Morgan fingerprint density at radius 2 is 2.47 bits per heavy atom. The minimum absolute atomic E-state index is 0.665. The molecule has 1 atom stereocenters. The molecular formula is C13H23N3S. The second-order valence-electron chi connectivity index (χ2n) is 4.87. The van der Waals surface area contributed by atoms with E-state index in [1.807, 2.05) is 11.3 Å². The fraction of sp³-hybridized carbons (Fsp3) is 0.769. The van der Waals surface area contributed by atoms with Crippen molar-refractivity contribution in [1.29, 1.82) is 0 Å². The maximum absolute atomic E-state index is 4.79. The molecule has 1 aromatic rings. The molecule has 0 spiro atoms. The van der Waals surface area contributed by atoms with E-state index in [4.69, 9.17) is 4.98 Å². The van der Waals surface area contributed by atoms with Crippen LogP contribution in [0.3, 0.4) is 0 Å². The number of hydrogen-bond acceptors (Lipinski definition) is 4. The highest BCUT2D eigenvalue weighted by Crippen LogP contribution is 2.27. The quantitative estimate of drug-likeness (QED) is 0.815. The van der Waals surface area contributed by atoms with Gasteiger partial charge in [-0.1, -0.05) is 6.92 Å². The van der Waals surface area contributed by atoms with Gasteiger partial charge in [0.2, 0.25) is 0 Å². The molecule has 1 aromatic heterocycles. The van der Waals surface area contributed by atoms with Crippen LogP contribution < -0.4 is 5.32 Å². The number of likely N-dealkylation sites (tertiary alicyclic amines) is 1. The Morgan fingerprint density at radius 3 is 3.24 bits per heavy atom. The molecule has 1 aliphatic rings. The fourth-order valence-electron chi connectivity index (χ4n) is 2.41. The Balaban J connectivity index is 1.88. The number of rotatable bonds is 5. The van der Waals surface area contributed by atoms with Crippen molar-refractivity contribution in [3.05, 3.63) is 16.1 Å². The van der Waals surface area contributed by atoms with Gasteiger partial charge in [0.25, 0.3) is 0 Å². The molecule has 0 aliphatic carbocycles. The van der Waals surface area contributed by atoms with Crippen LogP contribution in [0, 0.1) is 0 Å². The molecule has 2 rings (SSSR count). The molecule has 1 unspecified atom stereocenters. The number of hydrogen-bond donors (Lipinski definition) is 1. The zero-order chi connectivity index (χ0) is 12.1. The van der Waals surface area contributed by atoms with E-state index < -0.39 is 0 Å². The Morgan fingerprint density at radius 1 is 1.59 bits per heavy atom. The van der Waals surface area contributed by atoms with Gasteiger partial charge in [-0.25, -0.2) is 4.98 Å². The summed E-state index contributed by atoms with van der Waals surface area (Å²) < 4.78 is 0. The van der Waals surface area contributed by atoms with Crippen LogP contribution in [0.2, 0.25) is 0 Å². The van der Waals surface area contributed by atoms with Crippen LogP contribution in [-0.2, 0) is 6.42 Å². The molecule has 0 saturated carbocycles. The molecule has 1 fully saturated rings. The number of nitrogens with one attached hydrogen (secondary N) is 1. The van der Waals surface area contributed by atoms with Gasteiger partial charge < -0.3 is 10.2 Å². The molecule has 0 bridgehead atoms. The lowest BCUT2D eigenvalue weighted by atomic mass is 9.96. The van der Waals surface area contributed by atoms with Gasteiger partial charge in [-0.2, -0.15) is 0 Å². The summed E-state index contributed by atoms with van der Waals surface area (Å²) in [4.78, 5) is 7.21. The van der Waals surface area contributed by atoms with Crippen molar-refractivity contribution in [3.63, 3.8) is 0 Å². The predicted octanol–water partition coefficient (Wildman–Crippen LogP) is 2.10. The Bertz CT molecular complexity index is 337. The van der Waals surface area contributed by atoms with Crippen LogP contribution in [-0.4, -0.2) is 43.1 Å². The molecule has 17 heavy (non-hydrogen) atoms. The summed E-state index contributed by atoms with van der Waals surface area (Å²) >= 11 is 1.83. The summed E-state index contributed by atoms with van der Waals surface area (Å²) in [6.45, 7) is 6.66. The van der Waals surface area contributed by atoms with Gasteiger partial charge in [0.1, 0.15) is 0 Å². The number of piperidine rings is 1. The Kier molecular flexibility index (Phi) is 4.95. The molecule has 0 amide bonds. The molecule has 1 aliphatic heterocycles. The highest BCUT2D eigenvalue weighted by molar-refractivity contribution is 7.09. The summed E-state index contributed by atoms with van der Waals surface area (Å²) in [5.41, 5.74) is 1.33. The van der Waals surface area contributed by atoms with E-state index in [0.717, 1.165) is 19.5 Å². The first-order valence-electron chi connectivity index (χ1n) is 6.63. The molecule has 3 nitrogen and oxygen atoms in total. The first-order valence-corrected chi connectivity index (χ1v) is 7.51. The summed E-state index contributed by atoms with van der Waals surface area (Å²) in [5, 5.41) is 6.91. The van der Waals surface area contributed by atoms with Crippen LogP contribution >= 0.6 is 11.3 Å². The van der Waals surface area contributed by atoms with Gasteiger partial charge in [0, 0.05) is 30.8 Å². The lowest BCUT2D eigenvalue weighted by Gasteiger charge is -2.28. The molecule has 4 heteroatoms. The molecule has 96 valence electrons. The minimum Gasteiger partial charge on any atom is -0.317 e. The SMILES string of the molecule is CCNCCc1nc(C2CCCN(C)C2)cs1. The highest BCUT2D eigenvalue weighted by atomic mass is 32.1.